The highest BCUT2D eigenvalue weighted by molar-refractivity contribution is 5.86. The average Bonchev–Trinajstić information content (AvgIpc) is 2.82. The summed E-state index contributed by atoms with van der Waals surface area (Å²) in [4.78, 5) is 0. The molecule has 0 amide bonds. The Labute approximate surface area is 222 Å². The number of halogens is 3. The van der Waals surface area contributed by atoms with Gasteiger partial charge in [0, 0.05) is 36.3 Å². The molecular formula is C24H40Cl3N3O4. The lowest BCUT2D eigenvalue weighted by atomic mass is 10.2. The van der Waals surface area contributed by atoms with E-state index in [-0.39, 0.29) is 37.2 Å². The van der Waals surface area contributed by atoms with Crippen LogP contribution in [-0.2, 0) is 13.1 Å². The first-order valence-electron chi connectivity index (χ1n) is 10.8. The van der Waals surface area contributed by atoms with Crippen LogP contribution in [0.25, 0.3) is 0 Å². The first-order chi connectivity index (χ1) is 15.2. The zero-order valence-corrected chi connectivity index (χ0v) is 22.9. The van der Waals surface area contributed by atoms with Crippen molar-refractivity contribution in [3.63, 3.8) is 0 Å². The standard InChI is InChI=1S/C24H37N3O4.3ClH/c1-28-21-9-7-19(23(15-21)30-3)17-26-13-5-11-25-12-6-14-27-18-20-8-10-22(29-2)16-24(20)31-4;;;/h7-10,15-16,25-27H,5-6,11-14,17-18H2,1-4H3;3*1H. The van der Waals surface area contributed by atoms with Crippen molar-refractivity contribution in [1.29, 1.82) is 0 Å². The van der Waals surface area contributed by atoms with E-state index in [0.717, 1.165) is 86.2 Å². The van der Waals surface area contributed by atoms with Gasteiger partial charge in [-0.3, -0.25) is 0 Å². The van der Waals surface area contributed by atoms with E-state index in [1.165, 1.54) is 0 Å². The predicted octanol–water partition coefficient (Wildman–Crippen LogP) is 4.24. The Morgan fingerprint density at radius 2 is 0.912 bits per heavy atom. The van der Waals surface area contributed by atoms with Gasteiger partial charge in [0.05, 0.1) is 28.4 Å². The monoisotopic (exact) mass is 539 g/mol. The molecule has 2 rings (SSSR count). The third-order valence-corrected chi connectivity index (χ3v) is 5.03. The molecule has 0 saturated heterocycles. The van der Waals surface area contributed by atoms with Gasteiger partial charge in [0.1, 0.15) is 23.0 Å². The lowest BCUT2D eigenvalue weighted by Gasteiger charge is -2.12. The van der Waals surface area contributed by atoms with Gasteiger partial charge in [0.15, 0.2) is 0 Å². The fourth-order valence-corrected chi connectivity index (χ4v) is 3.24. The summed E-state index contributed by atoms with van der Waals surface area (Å²) < 4.78 is 21.3. The van der Waals surface area contributed by atoms with Crippen LogP contribution in [-0.4, -0.2) is 54.6 Å². The lowest BCUT2D eigenvalue weighted by molar-refractivity contribution is 0.389. The van der Waals surface area contributed by atoms with Crippen molar-refractivity contribution in [1.82, 2.24) is 16.0 Å². The fraction of sp³-hybridized carbons (Fsp3) is 0.500. The van der Waals surface area contributed by atoms with E-state index >= 15 is 0 Å². The van der Waals surface area contributed by atoms with Gasteiger partial charge in [-0.2, -0.15) is 0 Å². The number of hydrogen-bond acceptors (Lipinski definition) is 7. The minimum Gasteiger partial charge on any atom is -0.497 e. The highest BCUT2D eigenvalue weighted by atomic mass is 35.5. The Balaban J connectivity index is 0. The van der Waals surface area contributed by atoms with Crippen LogP contribution in [0.5, 0.6) is 23.0 Å². The van der Waals surface area contributed by atoms with E-state index in [1.54, 1.807) is 28.4 Å². The van der Waals surface area contributed by atoms with Crippen LogP contribution in [0.15, 0.2) is 36.4 Å². The highest BCUT2D eigenvalue weighted by Gasteiger charge is 2.05. The predicted molar refractivity (Wildman–Crippen MR) is 146 cm³/mol. The number of hydrogen-bond donors (Lipinski definition) is 3. The number of methoxy groups -OCH3 is 4. The van der Waals surface area contributed by atoms with Gasteiger partial charge >= 0.3 is 0 Å². The van der Waals surface area contributed by atoms with Gasteiger partial charge < -0.3 is 34.9 Å². The summed E-state index contributed by atoms with van der Waals surface area (Å²) in [7, 11) is 6.69. The molecule has 0 aliphatic carbocycles. The van der Waals surface area contributed by atoms with E-state index in [0.29, 0.717) is 0 Å². The lowest BCUT2D eigenvalue weighted by Crippen LogP contribution is -2.25. The van der Waals surface area contributed by atoms with Gasteiger partial charge in [-0.05, 0) is 51.2 Å². The minimum atomic E-state index is 0. The Kier molecular flexibility index (Phi) is 21.1. The van der Waals surface area contributed by atoms with Gasteiger partial charge in [-0.25, -0.2) is 0 Å². The molecule has 0 aliphatic heterocycles. The van der Waals surface area contributed by atoms with Crippen LogP contribution in [0.3, 0.4) is 0 Å². The normalized spacial score (nSPS) is 9.76. The van der Waals surface area contributed by atoms with Crippen molar-refractivity contribution in [2.45, 2.75) is 25.9 Å². The first-order valence-corrected chi connectivity index (χ1v) is 10.8. The molecule has 0 atom stereocenters. The number of rotatable bonds is 16. The number of ether oxygens (including phenoxy) is 4. The summed E-state index contributed by atoms with van der Waals surface area (Å²) in [6, 6.07) is 11.8. The van der Waals surface area contributed by atoms with Gasteiger partial charge in [0.25, 0.3) is 0 Å². The molecule has 0 fully saturated rings. The molecule has 196 valence electrons. The molecular weight excluding hydrogens is 501 g/mol. The van der Waals surface area contributed by atoms with Gasteiger partial charge in [-0.1, -0.05) is 12.1 Å². The summed E-state index contributed by atoms with van der Waals surface area (Å²) in [5, 5.41) is 10.4. The highest BCUT2D eigenvalue weighted by Crippen LogP contribution is 2.25. The van der Waals surface area contributed by atoms with E-state index in [4.69, 9.17) is 18.9 Å². The van der Waals surface area contributed by atoms with Crippen molar-refractivity contribution in [2.75, 3.05) is 54.6 Å². The third kappa shape index (κ3) is 12.2. The summed E-state index contributed by atoms with van der Waals surface area (Å²) in [5.74, 6) is 3.32. The second-order valence-electron chi connectivity index (χ2n) is 7.17. The van der Waals surface area contributed by atoms with Gasteiger partial charge in [-0.15, -0.1) is 37.2 Å². The van der Waals surface area contributed by atoms with Crippen molar-refractivity contribution in [2.24, 2.45) is 0 Å². The molecule has 0 saturated carbocycles. The van der Waals surface area contributed by atoms with Gasteiger partial charge in [0.2, 0.25) is 0 Å². The summed E-state index contributed by atoms with van der Waals surface area (Å²) >= 11 is 0. The molecule has 0 spiro atoms. The van der Waals surface area contributed by atoms with E-state index in [9.17, 15) is 0 Å². The molecule has 10 heteroatoms. The minimum absolute atomic E-state index is 0. The van der Waals surface area contributed by atoms with Crippen LogP contribution in [0.2, 0.25) is 0 Å². The molecule has 0 bridgehead atoms. The molecule has 2 aromatic carbocycles. The zero-order chi connectivity index (χ0) is 22.3. The van der Waals surface area contributed by atoms with Crippen molar-refractivity contribution in [3.8, 4) is 23.0 Å². The maximum atomic E-state index is 5.43. The zero-order valence-electron chi connectivity index (χ0n) is 20.5. The quantitative estimate of drug-likeness (QED) is 0.275. The smallest absolute Gasteiger partial charge is 0.127 e. The average molecular weight is 541 g/mol. The SMILES string of the molecule is COc1ccc(CNCCCNCCCNCc2ccc(OC)cc2OC)c(OC)c1.Cl.Cl.Cl. The van der Waals surface area contributed by atoms with E-state index in [2.05, 4.69) is 16.0 Å². The van der Waals surface area contributed by atoms with Crippen LogP contribution in [0, 0.1) is 0 Å². The molecule has 0 aliphatic rings. The van der Waals surface area contributed by atoms with E-state index in [1.807, 2.05) is 36.4 Å². The molecule has 0 aromatic heterocycles. The van der Waals surface area contributed by atoms with Crippen molar-refractivity contribution in [3.05, 3.63) is 47.5 Å². The summed E-state index contributed by atoms with van der Waals surface area (Å²) in [5.41, 5.74) is 2.27. The van der Waals surface area contributed by atoms with E-state index < -0.39 is 0 Å². The Morgan fingerprint density at radius 3 is 1.26 bits per heavy atom. The van der Waals surface area contributed by atoms with Crippen molar-refractivity contribution >= 4 is 37.2 Å². The molecule has 7 nitrogen and oxygen atoms in total. The van der Waals surface area contributed by atoms with Crippen LogP contribution < -0.4 is 34.9 Å². The maximum Gasteiger partial charge on any atom is 0.127 e. The Bertz CT molecular complexity index is 722. The molecule has 34 heavy (non-hydrogen) atoms. The second-order valence-corrected chi connectivity index (χ2v) is 7.17. The molecule has 0 unspecified atom stereocenters. The first kappa shape index (κ1) is 34.6. The molecule has 2 aromatic rings. The van der Waals surface area contributed by atoms with Crippen LogP contribution in [0.4, 0.5) is 0 Å². The molecule has 3 N–H and O–H groups in total. The fourth-order valence-electron chi connectivity index (χ4n) is 3.24. The largest absolute Gasteiger partial charge is 0.497 e. The van der Waals surface area contributed by atoms with Crippen LogP contribution in [0.1, 0.15) is 24.0 Å². The summed E-state index contributed by atoms with van der Waals surface area (Å²) in [6.07, 6.45) is 2.16. The Morgan fingerprint density at radius 1 is 0.529 bits per heavy atom. The third-order valence-electron chi connectivity index (χ3n) is 5.03. The maximum absolute atomic E-state index is 5.43. The Hall–Kier alpha value is -1.61. The van der Waals surface area contributed by atoms with Crippen LogP contribution >= 0.6 is 37.2 Å². The second kappa shape index (κ2) is 20.7. The summed E-state index contributed by atoms with van der Waals surface area (Å²) in [6.45, 7) is 5.48. The van der Waals surface area contributed by atoms with Crippen molar-refractivity contribution < 1.29 is 18.9 Å². The topological polar surface area (TPSA) is 73.0 Å². The molecule has 0 heterocycles. The molecule has 0 radical (unpaired) electrons. The number of nitrogens with one attached hydrogen (secondary N) is 3. The number of benzene rings is 2.